The van der Waals surface area contributed by atoms with Crippen LogP contribution in [0.15, 0.2) is 24.3 Å². The highest BCUT2D eigenvalue weighted by Crippen LogP contribution is 2.54. The summed E-state index contributed by atoms with van der Waals surface area (Å²) in [6.07, 6.45) is 12.2. The molecule has 2 unspecified atom stereocenters. The second kappa shape index (κ2) is 10.6. The van der Waals surface area contributed by atoms with E-state index in [4.69, 9.17) is 14.5 Å². The highest BCUT2D eigenvalue weighted by atomic mass is 32.2. The second-order valence-corrected chi connectivity index (χ2v) is 13.4. The third-order valence-corrected chi connectivity index (χ3v) is 10.6. The van der Waals surface area contributed by atoms with Crippen LogP contribution in [0.25, 0.3) is 0 Å². The van der Waals surface area contributed by atoms with Crippen LogP contribution in [0.3, 0.4) is 0 Å². The van der Waals surface area contributed by atoms with E-state index in [1.54, 1.807) is 0 Å². The van der Waals surface area contributed by atoms with E-state index in [2.05, 4.69) is 29.2 Å². The monoisotopic (exact) mass is 487 g/mol. The quantitative estimate of drug-likeness (QED) is 0.384. The first kappa shape index (κ1) is 23.4. The van der Waals surface area contributed by atoms with Crippen LogP contribution in [0, 0.1) is 23.7 Å². The third-order valence-electron chi connectivity index (χ3n) is 9.37. The second-order valence-electron chi connectivity index (χ2n) is 11.7. The molecule has 5 nitrogen and oxygen atoms in total. The largest absolute Gasteiger partial charge is 0.492 e. The standard InChI is InChI=1S/C28H41NO4S/c30-34-12-9-29(10-13-34)8-11-31-26-6-4-22(5-7-26)23-2-1-3-27(19-23)32-33-28-24-15-20-14-21(17-24)18-25(28)16-20/h4-7,20-21,23-25,27-28H,1-3,8-19H2. The third kappa shape index (κ3) is 5.40. The number of benzene rings is 1. The van der Waals surface area contributed by atoms with Crippen molar-refractivity contribution in [2.45, 2.75) is 75.9 Å². The summed E-state index contributed by atoms with van der Waals surface area (Å²) in [5.41, 5.74) is 1.40. The first-order valence-electron chi connectivity index (χ1n) is 13.8. The summed E-state index contributed by atoms with van der Waals surface area (Å²) in [4.78, 5) is 14.7. The fourth-order valence-corrected chi connectivity index (χ4v) is 8.87. The van der Waals surface area contributed by atoms with Gasteiger partial charge in [0.1, 0.15) is 12.4 Å². The van der Waals surface area contributed by atoms with Crippen molar-refractivity contribution in [3.63, 3.8) is 0 Å². The van der Waals surface area contributed by atoms with Crippen molar-refractivity contribution < 1.29 is 18.7 Å². The first-order chi connectivity index (χ1) is 16.7. The maximum atomic E-state index is 11.5. The number of hydrogen-bond donors (Lipinski definition) is 0. The van der Waals surface area contributed by atoms with Crippen LogP contribution in [0.4, 0.5) is 0 Å². The van der Waals surface area contributed by atoms with Gasteiger partial charge >= 0.3 is 0 Å². The fourth-order valence-electron chi connectivity index (χ4n) is 7.74. The average molecular weight is 488 g/mol. The predicted octanol–water partition coefficient (Wildman–Crippen LogP) is 4.93. The van der Waals surface area contributed by atoms with Gasteiger partial charge in [-0.15, -0.1) is 0 Å². The Morgan fingerprint density at radius 1 is 0.853 bits per heavy atom. The summed E-state index contributed by atoms with van der Waals surface area (Å²) in [5.74, 6) is 6.55. The van der Waals surface area contributed by atoms with Gasteiger partial charge in [0.05, 0.1) is 12.2 Å². The SMILES string of the molecule is O=S1CCN(CCOc2ccc(C3CCCC(OOC4C5CC6CC(C5)CC4C6)C3)cc2)CC1. The van der Waals surface area contributed by atoms with E-state index in [0.29, 0.717) is 18.6 Å². The lowest BCUT2D eigenvalue weighted by Gasteiger charge is -2.53. The molecule has 1 heterocycles. The van der Waals surface area contributed by atoms with Gasteiger partial charge in [0, 0.05) is 41.9 Å². The Balaban J connectivity index is 0.954. The Morgan fingerprint density at radius 2 is 1.56 bits per heavy atom. The Morgan fingerprint density at radius 3 is 2.26 bits per heavy atom. The van der Waals surface area contributed by atoms with Crippen LogP contribution in [0.5, 0.6) is 5.75 Å². The van der Waals surface area contributed by atoms with Crippen LogP contribution >= 0.6 is 0 Å². The molecule has 0 spiro atoms. The molecule has 2 atom stereocenters. The molecule has 0 N–H and O–H groups in total. The molecule has 1 saturated heterocycles. The van der Waals surface area contributed by atoms with Gasteiger partial charge in [-0.05, 0) is 98.7 Å². The van der Waals surface area contributed by atoms with E-state index in [1.165, 1.54) is 50.5 Å². The molecule has 5 aliphatic carbocycles. The molecule has 1 aromatic carbocycles. The van der Waals surface area contributed by atoms with Gasteiger partial charge in [-0.25, -0.2) is 9.78 Å². The van der Waals surface area contributed by atoms with E-state index >= 15 is 0 Å². The molecule has 7 rings (SSSR count). The molecule has 6 fully saturated rings. The van der Waals surface area contributed by atoms with Gasteiger partial charge in [-0.2, -0.15) is 0 Å². The normalized spacial score (nSPS) is 38.3. The zero-order chi connectivity index (χ0) is 22.9. The number of hydrogen-bond acceptors (Lipinski definition) is 5. The maximum absolute atomic E-state index is 11.5. The van der Waals surface area contributed by atoms with Gasteiger partial charge in [-0.1, -0.05) is 18.6 Å². The van der Waals surface area contributed by atoms with Crippen molar-refractivity contribution in [1.29, 1.82) is 0 Å². The van der Waals surface area contributed by atoms with Crippen molar-refractivity contribution in [3.05, 3.63) is 29.8 Å². The molecule has 34 heavy (non-hydrogen) atoms. The van der Waals surface area contributed by atoms with E-state index in [9.17, 15) is 4.21 Å². The topological polar surface area (TPSA) is 48.0 Å². The first-order valence-corrected chi connectivity index (χ1v) is 15.3. The smallest absolute Gasteiger partial charge is 0.119 e. The van der Waals surface area contributed by atoms with Gasteiger partial charge in [0.15, 0.2) is 0 Å². The van der Waals surface area contributed by atoms with E-state index in [1.807, 2.05) is 0 Å². The Hall–Kier alpha value is -0.950. The number of rotatable bonds is 8. The minimum absolute atomic E-state index is 0.228. The molecule has 5 saturated carbocycles. The molecule has 0 radical (unpaired) electrons. The molecule has 1 aromatic rings. The van der Waals surface area contributed by atoms with Crippen LogP contribution in [-0.4, -0.2) is 59.1 Å². The van der Waals surface area contributed by atoms with Gasteiger partial charge in [0.25, 0.3) is 0 Å². The summed E-state index contributed by atoms with van der Waals surface area (Å²) < 4.78 is 17.5. The molecule has 6 heteroatoms. The van der Waals surface area contributed by atoms with Crippen LogP contribution in [0.1, 0.15) is 69.3 Å². The summed E-state index contributed by atoms with van der Waals surface area (Å²) in [5, 5.41) is 0. The van der Waals surface area contributed by atoms with Gasteiger partial charge in [0.2, 0.25) is 0 Å². The summed E-state index contributed by atoms with van der Waals surface area (Å²) in [7, 11) is -0.614. The molecule has 188 valence electrons. The lowest BCUT2D eigenvalue weighted by Crippen LogP contribution is -2.49. The van der Waals surface area contributed by atoms with Crippen molar-refractivity contribution in [3.8, 4) is 5.75 Å². The minimum atomic E-state index is -0.614. The zero-order valence-electron chi connectivity index (χ0n) is 20.4. The molecular weight excluding hydrogens is 446 g/mol. The van der Waals surface area contributed by atoms with Gasteiger partial charge < -0.3 is 4.74 Å². The van der Waals surface area contributed by atoms with Crippen LogP contribution < -0.4 is 4.74 Å². The molecule has 6 aliphatic rings. The minimum Gasteiger partial charge on any atom is -0.492 e. The lowest BCUT2D eigenvalue weighted by atomic mass is 9.55. The van der Waals surface area contributed by atoms with Crippen LogP contribution in [-0.2, 0) is 20.6 Å². The molecular formula is C28H41NO4S. The molecule has 0 aromatic heterocycles. The Kier molecular flexibility index (Phi) is 7.29. The highest BCUT2D eigenvalue weighted by Gasteiger charge is 2.49. The van der Waals surface area contributed by atoms with E-state index in [0.717, 1.165) is 73.4 Å². The molecule has 1 aliphatic heterocycles. The van der Waals surface area contributed by atoms with Crippen molar-refractivity contribution >= 4 is 10.8 Å². The van der Waals surface area contributed by atoms with Crippen molar-refractivity contribution in [2.24, 2.45) is 23.7 Å². The maximum Gasteiger partial charge on any atom is 0.119 e. The summed E-state index contributed by atoms with van der Waals surface area (Å²) in [6, 6.07) is 8.72. The predicted molar refractivity (Wildman–Crippen MR) is 134 cm³/mol. The molecule has 0 amide bonds. The number of ether oxygens (including phenoxy) is 1. The Bertz CT molecular complexity index is 807. The summed E-state index contributed by atoms with van der Waals surface area (Å²) >= 11 is 0. The lowest BCUT2D eigenvalue weighted by molar-refractivity contribution is -0.384. The van der Waals surface area contributed by atoms with Gasteiger partial charge in [-0.3, -0.25) is 9.11 Å². The Labute approximate surface area is 207 Å². The average Bonchev–Trinajstić information content (AvgIpc) is 2.85. The summed E-state index contributed by atoms with van der Waals surface area (Å²) in [6.45, 7) is 3.44. The molecule has 4 bridgehead atoms. The van der Waals surface area contributed by atoms with Crippen molar-refractivity contribution in [1.82, 2.24) is 4.90 Å². The van der Waals surface area contributed by atoms with E-state index < -0.39 is 10.8 Å². The van der Waals surface area contributed by atoms with E-state index in [-0.39, 0.29) is 6.10 Å². The van der Waals surface area contributed by atoms with Crippen LogP contribution in [0.2, 0.25) is 0 Å². The highest BCUT2D eigenvalue weighted by molar-refractivity contribution is 7.85. The van der Waals surface area contributed by atoms with Crippen molar-refractivity contribution in [2.75, 3.05) is 37.7 Å². The fraction of sp³-hybridized carbons (Fsp3) is 0.786. The zero-order valence-corrected chi connectivity index (χ0v) is 21.3. The number of nitrogens with zero attached hydrogens (tertiary/aromatic N) is 1.